The minimum absolute atomic E-state index is 0.169. The van der Waals surface area contributed by atoms with Gasteiger partial charge in [0.05, 0.1) is 5.56 Å². The number of aromatic carboxylic acids is 1. The highest BCUT2D eigenvalue weighted by Crippen LogP contribution is 2.44. The summed E-state index contributed by atoms with van der Waals surface area (Å²) >= 11 is 0. The van der Waals surface area contributed by atoms with Gasteiger partial charge in [0.2, 0.25) is 5.43 Å². The van der Waals surface area contributed by atoms with Crippen LogP contribution < -0.4 is 5.43 Å². The Balaban J connectivity index is 2.05. The zero-order valence-electron chi connectivity index (χ0n) is 14.3. The first kappa shape index (κ1) is 19.0. The highest BCUT2D eigenvalue weighted by Gasteiger charge is 2.38. The van der Waals surface area contributed by atoms with Gasteiger partial charge in [0, 0.05) is 24.4 Å². The molecular formula is C19H18F3NO4. The molecule has 8 heteroatoms. The van der Waals surface area contributed by atoms with Gasteiger partial charge in [-0.05, 0) is 24.5 Å². The van der Waals surface area contributed by atoms with E-state index < -0.39 is 39.9 Å². The Kier molecular flexibility index (Phi) is 4.75. The average Bonchev–Trinajstić information content (AvgIpc) is 3.07. The molecule has 0 unspecified atom stereocenters. The second kappa shape index (κ2) is 6.75. The molecule has 1 aromatic heterocycles. The highest BCUT2D eigenvalue weighted by atomic mass is 19.4. The number of hydrogen-bond donors (Lipinski definition) is 2. The molecule has 3 rings (SSSR count). The van der Waals surface area contributed by atoms with Crippen LogP contribution in [0.3, 0.4) is 0 Å². The van der Waals surface area contributed by atoms with Crippen LogP contribution in [0.2, 0.25) is 0 Å². The molecule has 0 bridgehead atoms. The Bertz CT molecular complexity index is 927. The normalized spacial score (nSPS) is 16.4. The summed E-state index contributed by atoms with van der Waals surface area (Å²) in [6.07, 6.45) is 0.706. The lowest BCUT2D eigenvalue weighted by Crippen LogP contribution is -2.30. The number of alkyl halides is 3. The fourth-order valence-corrected chi connectivity index (χ4v) is 3.82. The van der Waals surface area contributed by atoms with Crippen LogP contribution in [-0.2, 0) is 18.1 Å². The van der Waals surface area contributed by atoms with E-state index in [4.69, 9.17) is 5.11 Å². The Hall–Kier alpha value is -2.77. The minimum atomic E-state index is -4.46. The molecule has 0 aliphatic heterocycles. The van der Waals surface area contributed by atoms with Gasteiger partial charge in [0.1, 0.15) is 5.56 Å². The third-order valence-electron chi connectivity index (χ3n) is 5.14. The molecular weight excluding hydrogens is 363 g/mol. The predicted molar refractivity (Wildman–Crippen MR) is 90.9 cm³/mol. The van der Waals surface area contributed by atoms with Gasteiger partial charge >= 0.3 is 12.1 Å². The molecule has 2 aromatic rings. The summed E-state index contributed by atoms with van der Waals surface area (Å²) in [5.41, 5.74) is -2.41. The van der Waals surface area contributed by atoms with Gasteiger partial charge in [-0.25, -0.2) is 4.79 Å². The van der Waals surface area contributed by atoms with Crippen LogP contribution in [0.1, 0.15) is 47.2 Å². The van der Waals surface area contributed by atoms with E-state index in [2.05, 4.69) is 0 Å². The monoisotopic (exact) mass is 381 g/mol. The summed E-state index contributed by atoms with van der Waals surface area (Å²) in [6.45, 7) is 0.169. The van der Waals surface area contributed by atoms with Crippen LogP contribution in [0, 0.1) is 0 Å². The molecule has 2 N–H and O–H groups in total. The van der Waals surface area contributed by atoms with Gasteiger partial charge in [0.15, 0.2) is 5.75 Å². The number of aromatic nitrogens is 1. The standard InChI is InChI=1S/C19H18F3NO4/c20-19(21,22)13-5-3-4-12(8-13)18(6-1-2-7-18)11-23-9-14(17(26)27)16(25)15(24)10-23/h3-5,8-10,24H,1-2,6-7,11H2,(H,26,27). The van der Waals surface area contributed by atoms with Crippen LogP contribution in [0.25, 0.3) is 0 Å². The number of nitrogens with zero attached hydrogens (tertiary/aromatic N) is 1. The first-order chi connectivity index (χ1) is 12.6. The summed E-state index contributed by atoms with van der Waals surface area (Å²) in [7, 11) is 0. The molecule has 1 fully saturated rings. The van der Waals surface area contributed by atoms with Crippen molar-refractivity contribution in [1.82, 2.24) is 4.57 Å². The number of carboxylic acids is 1. The van der Waals surface area contributed by atoms with Crippen LogP contribution >= 0.6 is 0 Å². The van der Waals surface area contributed by atoms with Crippen LogP contribution in [-0.4, -0.2) is 20.7 Å². The van der Waals surface area contributed by atoms with Crippen LogP contribution in [0.5, 0.6) is 5.75 Å². The van der Waals surface area contributed by atoms with E-state index in [1.807, 2.05) is 0 Å². The second-order valence-corrected chi connectivity index (χ2v) is 6.93. The van der Waals surface area contributed by atoms with Crippen molar-refractivity contribution in [2.75, 3.05) is 0 Å². The number of carbonyl (C=O) groups is 1. The van der Waals surface area contributed by atoms with Crippen molar-refractivity contribution in [3.63, 3.8) is 0 Å². The van der Waals surface area contributed by atoms with E-state index in [1.54, 1.807) is 6.07 Å². The van der Waals surface area contributed by atoms with Crippen molar-refractivity contribution in [3.05, 3.63) is 63.6 Å². The molecule has 0 spiro atoms. The fraction of sp³-hybridized carbons (Fsp3) is 0.368. The summed E-state index contributed by atoms with van der Waals surface area (Å²) in [5, 5.41) is 18.9. The van der Waals surface area contributed by atoms with Crippen LogP contribution in [0.4, 0.5) is 13.2 Å². The molecule has 0 amide bonds. The maximum atomic E-state index is 13.1. The van der Waals surface area contributed by atoms with Crippen molar-refractivity contribution in [2.45, 2.75) is 43.8 Å². The Labute approximate surface area is 152 Å². The SMILES string of the molecule is O=C(O)c1cn(CC2(c3cccc(C(F)(F)F)c3)CCCC2)cc(O)c1=O. The number of hydrogen-bond acceptors (Lipinski definition) is 3. The third kappa shape index (κ3) is 3.70. The molecule has 1 heterocycles. The lowest BCUT2D eigenvalue weighted by molar-refractivity contribution is -0.137. The number of aromatic hydroxyl groups is 1. The van der Waals surface area contributed by atoms with Gasteiger partial charge in [-0.3, -0.25) is 4.79 Å². The van der Waals surface area contributed by atoms with E-state index in [-0.39, 0.29) is 6.54 Å². The van der Waals surface area contributed by atoms with E-state index in [1.165, 1.54) is 10.6 Å². The molecule has 1 aliphatic rings. The summed E-state index contributed by atoms with van der Waals surface area (Å²) in [6, 6.07) is 5.15. The smallest absolute Gasteiger partial charge is 0.416 e. The third-order valence-corrected chi connectivity index (χ3v) is 5.14. The Morgan fingerprint density at radius 1 is 1.19 bits per heavy atom. The molecule has 1 aliphatic carbocycles. The Morgan fingerprint density at radius 2 is 1.85 bits per heavy atom. The molecule has 0 saturated heterocycles. The maximum Gasteiger partial charge on any atom is 0.416 e. The number of carboxylic acid groups (broad SMARTS) is 1. The minimum Gasteiger partial charge on any atom is -0.503 e. The highest BCUT2D eigenvalue weighted by molar-refractivity contribution is 5.87. The molecule has 0 atom stereocenters. The van der Waals surface area contributed by atoms with Crippen molar-refractivity contribution in [1.29, 1.82) is 0 Å². The summed E-state index contributed by atoms with van der Waals surface area (Å²) in [4.78, 5) is 23.0. The van der Waals surface area contributed by atoms with E-state index >= 15 is 0 Å². The Morgan fingerprint density at radius 3 is 2.44 bits per heavy atom. The zero-order valence-corrected chi connectivity index (χ0v) is 14.3. The van der Waals surface area contributed by atoms with Gasteiger partial charge in [-0.1, -0.05) is 31.0 Å². The molecule has 0 radical (unpaired) electrons. The zero-order chi connectivity index (χ0) is 19.8. The van der Waals surface area contributed by atoms with Crippen molar-refractivity contribution in [2.24, 2.45) is 0 Å². The quantitative estimate of drug-likeness (QED) is 0.845. The lowest BCUT2D eigenvalue weighted by atomic mass is 9.78. The van der Waals surface area contributed by atoms with Crippen molar-refractivity contribution >= 4 is 5.97 Å². The second-order valence-electron chi connectivity index (χ2n) is 6.93. The topological polar surface area (TPSA) is 79.5 Å². The number of rotatable bonds is 4. The maximum absolute atomic E-state index is 13.1. The summed E-state index contributed by atoms with van der Waals surface area (Å²) in [5.74, 6) is -2.17. The largest absolute Gasteiger partial charge is 0.503 e. The van der Waals surface area contributed by atoms with Crippen molar-refractivity contribution < 1.29 is 28.2 Å². The first-order valence-corrected chi connectivity index (χ1v) is 8.46. The van der Waals surface area contributed by atoms with Gasteiger partial charge in [-0.15, -0.1) is 0 Å². The first-order valence-electron chi connectivity index (χ1n) is 8.46. The van der Waals surface area contributed by atoms with Gasteiger partial charge < -0.3 is 14.8 Å². The van der Waals surface area contributed by atoms with Gasteiger partial charge in [0.25, 0.3) is 0 Å². The molecule has 144 valence electrons. The molecule has 1 saturated carbocycles. The van der Waals surface area contributed by atoms with E-state index in [0.29, 0.717) is 18.4 Å². The van der Waals surface area contributed by atoms with E-state index in [9.17, 15) is 27.9 Å². The number of benzene rings is 1. The lowest BCUT2D eigenvalue weighted by Gasteiger charge is -2.31. The molecule has 5 nitrogen and oxygen atoms in total. The number of pyridine rings is 1. The number of halogens is 3. The van der Waals surface area contributed by atoms with Gasteiger partial charge in [-0.2, -0.15) is 13.2 Å². The molecule has 27 heavy (non-hydrogen) atoms. The average molecular weight is 381 g/mol. The van der Waals surface area contributed by atoms with Crippen LogP contribution in [0.15, 0.2) is 41.5 Å². The van der Waals surface area contributed by atoms with E-state index in [0.717, 1.165) is 37.4 Å². The van der Waals surface area contributed by atoms with Crippen molar-refractivity contribution in [3.8, 4) is 5.75 Å². The predicted octanol–water partition coefficient (Wildman–Crippen LogP) is 3.78. The summed E-state index contributed by atoms with van der Waals surface area (Å²) < 4.78 is 40.7. The fourth-order valence-electron chi connectivity index (χ4n) is 3.82. The molecule has 1 aromatic carbocycles.